The van der Waals surface area contributed by atoms with Crippen LogP contribution in [0.3, 0.4) is 0 Å². The summed E-state index contributed by atoms with van der Waals surface area (Å²) < 4.78 is 24.9. The van der Waals surface area contributed by atoms with Gasteiger partial charge in [0.25, 0.3) is 0 Å². The van der Waals surface area contributed by atoms with Crippen molar-refractivity contribution in [2.24, 2.45) is 0 Å². The molecule has 0 aliphatic carbocycles. The fourth-order valence-electron chi connectivity index (χ4n) is 2.18. The highest BCUT2D eigenvalue weighted by atomic mass is 32.2. The Balaban J connectivity index is 1.82. The SMILES string of the molecule is C=CCS(=O)(=O)N1CC(N2CCNCC2)C1. The van der Waals surface area contributed by atoms with Crippen LogP contribution in [0.1, 0.15) is 0 Å². The van der Waals surface area contributed by atoms with Gasteiger partial charge >= 0.3 is 0 Å². The second-order valence-corrected chi connectivity index (χ2v) is 6.34. The Morgan fingerprint density at radius 2 is 1.94 bits per heavy atom. The minimum atomic E-state index is -3.07. The van der Waals surface area contributed by atoms with Crippen molar-refractivity contribution in [3.8, 4) is 0 Å². The Kier molecular flexibility index (Phi) is 3.63. The maximum Gasteiger partial charge on any atom is 0.217 e. The average Bonchev–Trinajstić information content (AvgIpc) is 2.16. The molecule has 0 bridgehead atoms. The summed E-state index contributed by atoms with van der Waals surface area (Å²) in [6.45, 7) is 8.84. The van der Waals surface area contributed by atoms with Crippen molar-refractivity contribution in [2.45, 2.75) is 6.04 Å². The van der Waals surface area contributed by atoms with E-state index in [1.165, 1.54) is 6.08 Å². The lowest BCUT2D eigenvalue weighted by Crippen LogP contribution is -2.63. The molecule has 2 heterocycles. The Morgan fingerprint density at radius 1 is 1.31 bits per heavy atom. The summed E-state index contributed by atoms with van der Waals surface area (Å²) in [7, 11) is -3.07. The molecule has 1 N–H and O–H groups in total. The number of hydrogen-bond acceptors (Lipinski definition) is 4. The molecule has 6 heteroatoms. The van der Waals surface area contributed by atoms with Crippen LogP contribution in [0.4, 0.5) is 0 Å². The predicted octanol–water partition coefficient (Wildman–Crippen LogP) is -0.908. The molecule has 0 aromatic rings. The number of rotatable bonds is 4. The molecule has 0 atom stereocenters. The first-order valence-corrected chi connectivity index (χ1v) is 7.28. The lowest BCUT2D eigenvalue weighted by molar-refractivity contribution is 0.0775. The van der Waals surface area contributed by atoms with Gasteiger partial charge in [-0.2, -0.15) is 4.31 Å². The smallest absolute Gasteiger partial charge is 0.217 e. The topological polar surface area (TPSA) is 52.7 Å². The van der Waals surface area contributed by atoms with Crippen molar-refractivity contribution in [1.82, 2.24) is 14.5 Å². The second-order valence-electron chi connectivity index (χ2n) is 4.32. The van der Waals surface area contributed by atoms with E-state index in [1.807, 2.05) is 0 Å². The Bertz CT molecular complexity index is 343. The van der Waals surface area contributed by atoms with Crippen LogP contribution in [0.2, 0.25) is 0 Å². The summed E-state index contributed by atoms with van der Waals surface area (Å²) in [5.74, 6) is 0.0568. The number of hydrogen-bond donors (Lipinski definition) is 1. The van der Waals surface area contributed by atoms with Crippen LogP contribution in [-0.4, -0.2) is 68.7 Å². The zero-order valence-corrected chi connectivity index (χ0v) is 10.2. The van der Waals surface area contributed by atoms with E-state index in [1.54, 1.807) is 4.31 Å². The standard InChI is InChI=1S/C10H19N3O2S/c1-2-7-16(14,15)13-8-10(9-13)12-5-3-11-4-6-12/h2,10-11H,1,3-9H2. The Morgan fingerprint density at radius 3 is 2.50 bits per heavy atom. The third-order valence-electron chi connectivity index (χ3n) is 3.22. The first kappa shape index (κ1) is 12.0. The molecule has 0 spiro atoms. The van der Waals surface area contributed by atoms with Gasteiger partial charge in [-0.3, -0.25) is 4.90 Å². The lowest BCUT2D eigenvalue weighted by Gasteiger charge is -2.45. The summed E-state index contributed by atoms with van der Waals surface area (Å²) in [5, 5.41) is 3.29. The van der Waals surface area contributed by atoms with Crippen molar-refractivity contribution < 1.29 is 8.42 Å². The van der Waals surface area contributed by atoms with E-state index in [0.717, 1.165) is 26.2 Å². The third-order valence-corrected chi connectivity index (χ3v) is 4.96. The molecule has 2 fully saturated rings. The molecule has 16 heavy (non-hydrogen) atoms. The van der Waals surface area contributed by atoms with Crippen LogP contribution >= 0.6 is 0 Å². The van der Waals surface area contributed by atoms with E-state index in [-0.39, 0.29) is 5.75 Å². The van der Waals surface area contributed by atoms with Gasteiger partial charge in [0, 0.05) is 45.3 Å². The van der Waals surface area contributed by atoms with Crippen molar-refractivity contribution in [2.75, 3.05) is 45.0 Å². The second kappa shape index (κ2) is 4.83. The summed E-state index contributed by atoms with van der Waals surface area (Å²) in [4.78, 5) is 2.37. The van der Waals surface area contributed by atoms with Crippen LogP contribution < -0.4 is 5.32 Å². The molecule has 2 aliphatic rings. The maximum atomic E-state index is 11.7. The first-order chi connectivity index (χ1) is 7.63. The van der Waals surface area contributed by atoms with Gasteiger partial charge in [-0.05, 0) is 0 Å². The van der Waals surface area contributed by atoms with Gasteiger partial charge in [-0.15, -0.1) is 6.58 Å². The van der Waals surface area contributed by atoms with E-state index in [4.69, 9.17) is 0 Å². The van der Waals surface area contributed by atoms with Crippen molar-refractivity contribution >= 4 is 10.0 Å². The van der Waals surface area contributed by atoms with Crippen LogP contribution in [0, 0.1) is 0 Å². The zero-order chi connectivity index (χ0) is 11.6. The third kappa shape index (κ3) is 2.45. The average molecular weight is 245 g/mol. The number of nitrogens with zero attached hydrogens (tertiary/aromatic N) is 2. The fraction of sp³-hybridized carbons (Fsp3) is 0.800. The van der Waals surface area contributed by atoms with Gasteiger partial charge in [-0.1, -0.05) is 6.08 Å². The van der Waals surface area contributed by atoms with E-state index in [2.05, 4.69) is 16.8 Å². The van der Waals surface area contributed by atoms with Crippen molar-refractivity contribution in [3.63, 3.8) is 0 Å². The highest BCUT2D eigenvalue weighted by Crippen LogP contribution is 2.19. The maximum absolute atomic E-state index is 11.7. The normalized spacial score (nSPS) is 25.2. The summed E-state index contributed by atoms with van der Waals surface area (Å²) >= 11 is 0. The van der Waals surface area contributed by atoms with Gasteiger partial charge in [0.1, 0.15) is 0 Å². The first-order valence-electron chi connectivity index (χ1n) is 5.67. The van der Waals surface area contributed by atoms with Crippen LogP contribution in [0.15, 0.2) is 12.7 Å². The molecule has 2 saturated heterocycles. The molecule has 0 saturated carbocycles. The van der Waals surface area contributed by atoms with E-state index in [0.29, 0.717) is 19.1 Å². The van der Waals surface area contributed by atoms with Gasteiger partial charge < -0.3 is 5.32 Å². The van der Waals surface area contributed by atoms with E-state index in [9.17, 15) is 8.42 Å². The summed E-state index contributed by atoms with van der Waals surface area (Å²) in [6.07, 6.45) is 1.45. The monoisotopic (exact) mass is 245 g/mol. The molecule has 2 aliphatic heterocycles. The predicted molar refractivity (Wildman–Crippen MR) is 63.8 cm³/mol. The van der Waals surface area contributed by atoms with Crippen LogP contribution in [0.5, 0.6) is 0 Å². The minimum Gasteiger partial charge on any atom is -0.314 e. The Labute approximate surface area is 97.2 Å². The fourth-order valence-corrected chi connectivity index (χ4v) is 3.48. The molecule has 0 radical (unpaired) electrons. The molecular weight excluding hydrogens is 226 g/mol. The molecule has 0 aromatic carbocycles. The van der Waals surface area contributed by atoms with E-state index >= 15 is 0 Å². The van der Waals surface area contributed by atoms with Crippen molar-refractivity contribution in [3.05, 3.63) is 12.7 Å². The number of sulfonamides is 1. The molecule has 5 nitrogen and oxygen atoms in total. The molecular formula is C10H19N3O2S. The van der Waals surface area contributed by atoms with Crippen LogP contribution in [0.25, 0.3) is 0 Å². The van der Waals surface area contributed by atoms with Crippen LogP contribution in [-0.2, 0) is 10.0 Å². The molecule has 0 aromatic heterocycles. The number of nitrogens with one attached hydrogen (secondary N) is 1. The summed E-state index contributed by atoms with van der Waals surface area (Å²) in [6, 6.07) is 0.418. The van der Waals surface area contributed by atoms with Crippen molar-refractivity contribution in [1.29, 1.82) is 0 Å². The molecule has 0 unspecified atom stereocenters. The van der Waals surface area contributed by atoms with Gasteiger partial charge in [0.2, 0.25) is 10.0 Å². The minimum absolute atomic E-state index is 0.0568. The zero-order valence-electron chi connectivity index (χ0n) is 9.43. The highest BCUT2D eigenvalue weighted by Gasteiger charge is 2.38. The van der Waals surface area contributed by atoms with Gasteiger partial charge in [0.15, 0.2) is 0 Å². The Hall–Kier alpha value is -0.430. The van der Waals surface area contributed by atoms with Gasteiger partial charge in [-0.25, -0.2) is 8.42 Å². The largest absolute Gasteiger partial charge is 0.314 e. The number of piperazine rings is 1. The highest BCUT2D eigenvalue weighted by molar-refractivity contribution is 7.89. The lowest BCUT2D eigenvalue weighted by atomic mass is 10.1. The molecule has 2 rings (SSSR count). The summed E-state index contributed by atoms with van der Waals surface area (Å²) in [5.41, 5.74) is 0. The van der Waals surface area contributed by atoms with E-state index < -0.39 is 10.0 Å². The van der Waals surface area contributed by atoms with Gasteiger partial charge in [0.05, 0.1) is 5.75 Å². The molecule has 0 amide bonds. The quantitative estimate of drug-likeness (QED) is 0.652. The molecule has 92 valence electrons.